The van der Waals surface area contributed by atoms with Crippen molar-refractivity contribution in [1.82, 2.24) is 40.6 Å². The molecular weight excluding hydrogens is 640 g/mol. The van der Waals surface area contributed by atoms with Crippen molar-refractivity contribution >= 4 is 45.7 Å². The number of ether oxygens (including phenoxy) is 4. The number of esters is 2. The van der Waals surface area contributed by atoms with Crippen LogP contribution in [0.25, 0.3) is 0 Å². The molecule has 0 saturated carbocycles. The monoisotopic (exact) mass is 674 g/mol. The van der Waals surface area contributed by atoms with Crippen LogP contribution in [-0.2, 0) is 54.8 Å². The molecule has 16 nitrogen and oxygen atoms in total. The van der Waals surface area contributed by atoms with Crippen molar-refractivity contribution in [2.75, 3.05) is 25.7 Å². The fourth-order valence-corrected chi connectivity index (χ4v) is 6.39. The van der Waals surface area contributed by atoms with Crippen molar-refractivity contribution in [3.63, 3.8) is 0 Å². The van der Waals surface area contributed by atoms with E-state index < -0.39 is 36.2 Å². The van der Waals surface area contributed by atoms with E-state index >= 15 is 0 Å². The lowest BCUT2D eigenvalue weighted by atomic mass is 10.2. The standard InChI is InChI=1S/C28H34N8O8S2/c1-41-25(37)23(29-27(39)43-15-21-13-35(33-31-21)11-19-7-3-4-8-19)17-45-46-18-24(26(38)42-2)30-28(40)44-16-22-14-36(34-32-22)12-20-9-5-6-10-20/h3-5,7,9-10,13-14,23-24H,6,8,11-12,15-18H2,1-2H3,(H,29,39)(H,30,40)/t23-,24-/m0/s1. The molecule has 0 aromatic carbocycles. The summed E-state index contributed by atoms with van der Waals surface area (Å²) in [6.07, 6.45) is 15.6. The summed E-state index contributed by atoms with van der Waals surface area (Å²) < 4.78 is 23.3. The minimum Gasteiger partial charge on any atom is -0.467 e. The van der Waals surface area contributed by atoms with Gasteiger partial charge in [-0.15, -0.1) is 10.2 Å². The molecule has 4 rings (SSSR count). The van der Waals surface area contributed by atoms with Gasteiger partial charge in [0.25, 0.3) is 0 Å². The highest BCUT2D eigenvalue weighted by Gasteiger charge is 2.26. The third-order valence-electron chi connectivity index (χ3n) is 6.39. The van der Waals surface area contributed by atoms with E-state index in [2.05, 4.69) is 37.3 Å². The van der Waals surface area contributed by atoms with Gasteiger partial charge >= 0.3 is 24.1 Å². The van der Waals surface area contributed by atoms with Crippen molar-refractivity contribution in [3.8, 4) is 0 Å². The van der Waals surface area contributed by atoms with Gasteiger partial charge in [0, 0.05) is 11.5 Å². The molecule has 0 saturated heterocycles. The van der Waals surface area contributed by atoms with Crippen LogP contribution in [0.15, 0.2) is 60.0 Å². The molecule has 2 amide bonds. The second kappa shape index (κ2) is 17.8. The predicted molar refractivity (Wildman–Crippen MR) is 167 cm³/mol. The number of aromatic nitrogens is 6. The fraction of sp³-hybridized carbons (Fsp3) is 0.429. The quantitative estimate of drug-likeness (QED) is 0.107. The summed E-state index contributed by atoms with van der Waals surface area (Å²) in [5, 5.41) is 21.0. The molecule has 2 aromatic rings. The van der Waals surface area contributed by atoms with E-state index in [9.17, 15) is 19.2 Å². The molecule has 46 heavy (non-hydrogen) atoms. The molecule has 0 radical (unpaired) electrons. The molecule has 2 atom stereocenters. The summed E-state index contributed by atoms with van der Waals surface area (Å²) in [6, 6.07) is -2.09. The largest absolute Gasteiger partial charge is 0.467 e. The highest BCUT2D eigenvalue weighted by atomic mass is 33.1. The van der Waals surface area contributed by atoms with Gasteiger partial charge in [0.15, 0.2) is 0 Å². The lowest BCUT2D eigenvalue weighted by Crippen LogP contribution is -2.44. The first-order valence-corrected chi connectivity index (χ1v) is 16.6. The van der Waals surface area contributed by atoms with Crippen LogP contribution < -0.4 is 10.6 Å². The second-order valence-electron chi connectivity index (χ2n) is 9.85. The fourth-order valence-electron chi connectivity index (χ4n) is 4.09. The third kappa shape index (κ3) is 11.1. The van der Waals surface area contributed by atoms with E-state index in [-0.39, 0.29) is 24.7 Å². The van der Waals surface area contributed by atoms with E-state index in [0.717, 1.165) is 18.4 Å². The Labute approximate surface area is 272 Å². The lowest BCUT2D eigenvalue weighted by molar-refractivity contribution is -0.143. The van der Waals surface area contributed by atoms with Crippen LogP contribution in [0.3, 0.4) is 0 Å². The zero-order valence-corrected chi connectivity index (χ0v) is 26.8. The highest BCUT2D eigenvalue weighted by Crippen LogP contribution is 2.24. The number of amides is 2. The Morgan fingerprint density at radius 2 is 1.41 bits per heavy atom. The lowest BCUT2D eigenvalue weighted by Gasteiger charge is -2.17. The molecule has 2 aromatic heterocycles. The number of alkyl carbamates (subject to hydrolysis) is 2. The van der Waals surface area contributed by atoms with E-state index in [1.807, 2.05) is 30.4 Å². The van der Waals surface area contributed by atoms with Gasteiger partial charge in [-0.2, -0.15) is 0 Å². The van der Waals surface area contributed by atoms with Crippen LogP contribution >= 0.6 is 21.6 Å². The summed E-state index contributed by atoms with van der Waals surface area (Å²) in [5.74, 6) is -1.22. The summed E-state index contributed by atoms with van der Waals surface area (Å²) in [5.41, 5.74) is 3.19. The molecule has 0 aliphatic heterocycles. The predicted octanol–water partition coefficient (Wildman–Crippen LogP) is 2.26. The SMILES string of the molecule is COC(=O)[C@H](CSSC[C@H](NC(=O)OCc1cn(CC2=CC=CC2)nn1)C(=O)OC)NC(=O)OCc1cn(CC2=CCC=C2)nn1. The molecule has 0 spiro atoms. The molecule has 2 heterocycles. The molecule has 2 aliphatic carbocycles. The number of rotatable bonds is 17. The normalized spacial score (nSPS) is 14.7. The Morgan fingerprint density at radius 1 is 0.848 bits per heavy atom. The first-order chi connectivity index (χ1) is 22.3. The number of carbonyl (C=O) groups excluding carboxylic acids is 4. The summed E-state index contributed by atoms with van der Waals surface area (Å²) in [4.78, 5) is 49.4. The highest BCUT2D eigenvalue weighted by molar-refractivity contribution is 8.76. The zero-order valence-electron chi connectivity index (χ0n) is 25.2. The van der Waals surface area contributed by atoms with Gasteiger partial charge in [0.1, 0.15) is 36.7 Å². The minimum atomic E-state index is -1.05. The number of hydrogen-bond donors (Lipinski definition) is 2. The van der Waals surface area contributed by atoms with E-state index in [0.29, 0.717) is 24.5 Å². The molecule has 0 fully saturated rings. The Balaban J connectivity index is 1.17. The zero-order chi connectivity index (χ0) is 32.7. The van der Waals surface area contributed by atoms with Crippen molar-refractivity contribution in [2.45, 2.75) is 51.2 Å². The smallest absolute Gasteiger partial charge is 0.408 e. The van der Waals surface area contributed by atoms with Gasteiger partial charge < -0.3 is 29.6 Å². The van der Waals surface area contributed by atoms with Gasteiger partial charge in [-0.1, -0.05) is 68.5 Å². The molecule has 0 bridgehead atoms. The van der Waals surface area contributed by atoms with Crippen molar-refractivity contribution < 1.29 is 38.1 Å². The number of allylic oxidation sites excluding steroid dienone is 8. The number of carbonyl (C=O) groups is 4. The van der Waals surface area contributed by atoms with Crippen molar-refractivity contribution in [2.24, 2.45) is 0 Å². The first kappa shape index (κ1) is 34.3. The minimum absolute atomic E-state index is 0.0756. The molecule has 2 aliphatic rings. The number of nitrogens with one attached hydrogen (secondary N) is 2. The topological polar surface area (TPSA) is 191 Å². The Kier molecular flexibility index (Phi) is 13.3. The average molecular weight is 675 g/mol. The van der Waals surface area contributed by atoms with E-state index in [4.69, 9.17) is 18.9 Å². The molecule has 0 unspecified atom stereocenters. The van der Waals surface area contributed by atoms with Crippen LogP contribution in [0.1, 0.15) is 24.2 Å². The van der Waals surface area contributed by atoms with Gasteiger partial charge in [0.05, 0.1) is 39.7 Å². The maximum atomic E-state index is 12.4. The number of hydrogen-bond acceptors (Lipinski definition) is 14. The maximum Gasteiger partial charge on any atom is 0.408 e. The van der Waals surface area contributed by atoms with Gasteiger partial charge in [-0.25, -0.2) is 28.5 Å². The van der Waals surface area contributed by atoms with Crippen LogP contribution in [0.4, 0.5) is 9.59 Å². The summed E-state index contributed by atoms with van der Waals surface area (Å²) in [7, 11) is 4.73. The average Bonchev–Trinajstić information content (AvgIpc) is 3.89. The van der Waals surface area contributed by atoms with Crippen LogP contribution in [-0.4, -0.2) is 91.9 Å². The Bertz CT molecular complexity index is 1500. The molecule has 2 N–H and O–H groups in total. The summed E-state index contributed by atoms with van der Waals surface area (Å²) >= 11 is 0. The molecule has 246 valence electrons. The summed E-state index contributed by atoms with van der Waals surface area (Å²) in [6.45, 7) is 0.854. The maximum absolute atomic E-state index is 12.4. The van der Waals surface area contributed by atoms with Crippen LogP contribution in [0.2, 0.25) is 0 Å². The van der Waals surface area contributed by atoms with Gasteiger partial charge in [0.2, 0.25) is 0 Å². The Morgan fingerprint density at radius 3 is 1.89 bits per heavy atom. The second-order valence-corrected chi connectivity index (χ2v) is 12.4. The van der Waals surface area contributed by atoms with Crippen molar-refractivity contribution in [3.05, 3.63) is 71.4 Å². The molecule has 18 heteroatoms. The van der Waals surface area contributed by atoms with Crippen LogP contribution in [0, 0.1) is 0 Å². The number of methoxy groups -OCH3 is 2. The van der Waals surface area contributed by atoms with Crippen molar-refractivity contribution in [1.29, 1.82) is 0 Å². The van der Waals surface area contributed by atoms with Gasteiger partial charge in [-0.05, 0) is 24.0 Å². The Hall–Kier alpha value is -4.58. The van der Waals surface area contributed by atoms with Gasteiger partial charge in [-0.3, -0.25) is 0 Å². The van der Waals surface area contributed by atoms with Crippen LogP contribution in [0.5, 0.6) is 0 Å². The van der Waals surface area contributed by atoms with E-state index in [1.165, 1.54) is 41.4 Å². The molecular formula is C28H34N8O8S2. The third-order valence-corrected chi connectivity index (χ3v) is 8.81. The number of nitrogens with zero attached hydrogens (tertiary/aromatic N) is 6. The first-order valence-electron chi connectivity index (χ1n) is 14.1. The van der Waals surface area contributed by atoms with E-state index in [1.54, 1.807) is 21.8 Å².